The SMILES string of the molecule is CCN(Cc1cc(C#N)ccc1OC)CC(C)C(=O)O. The van der Waals surface area contributed by atoms with E-state index in [0.29, 0.717) is 24.4 Å². The molecule has 0 aliphatic carbocycles. The van der Waals surface area contributed by atoms with E-state index in [4.69, 9.17) is 15.1 Å². The lowest BCUT2D eigenvalue weighted by Crippen LogP contribution is -2.31. The van der Waals surface area contributed by atoms with Crippen LogP contribution >= 0.6 is 0 Å². The number of carbonyl (C=O) groups is 1. The van der Waals surface area contributed by atoms with Crippen molar-refractivity contribution in [2.24, 2.45) is 5.92 Å². The van der Waals surface area contributed by atoms with Crippen LogP contribution in [0.25, 0.3) is 0 Å². The van der Waals surface area contributed by atoms with Crippen molar-refractivity contribution in [1.82, 2.24) is 4.90 Å². The summed E-state index contributed by atoms with van der Waals surface area (Å²) in [5.41, 5.74) is 1.47. The first kappa shape index (κ1) is 16.0. The minimum atomic E-state index is -0.804. The molecule has 5 heteroatoms. The second-order valence-corrected chi connectivity index (χ2v) is 4.71. The van der Waals surface area contributed by atoms with E-state index >= 15 is 0 Å². The molecule has 1 aromatic rings. The summed E-state index contributed by atoms with van der Waals surface area (Å²) in [7, 11) is 1.58. The first-order valence-corrected chi connectivity index (χ1v) is 6.54. The average Bonchev–Trinajstić information content (AvgIpc) is 2.45. The Bertz CT molecular complexity index is 508. The molecule has 0 saturated carbocycles. The smallest absolute Gasteiger partial charge is 0.307 e. The van der Waals surface area contributed by atoms with Crippen LogP contribution < -0.4 is 4.74 Å². The summed E-state index contributed by atoms with van der Waals surface area (Å²) in [5, 5.41) is 17.9. The largest absolute Gasteiger partial charge is 0.496 e. The molecule has 0 saturated heterocycles. The minimum Gasteiger partial charge on any atom is -0.496 e. The van der Waals surface area contributed by atoms with Gasteiger partial charge in [-0.3, -0.25) is 9.69 Å². The van der Waals surface area contributed by atoms with Crippen molar-refractivity contribution in [2.75, 3.05) is 20.2 Å². The van der Waals surface area contributed by atoms with Gasteiger partial charge in [-0.2, -0.15) is 5.26 Å². The molecular formula is C15H20N2O3. The van der Waals surface area contributed by atoms with Crippen molar-refractivity contribution in [3.05, 3.63) is 29.3 Å². The van der Waals surface area contributed by atoms with Crippen molar-refractivity contribution in [3.63, 3.8) is 0 Å². The van der Waals surface area contributed by atoms with Gasteiger partial charge in [0, 0.05) is 18.7 Å². The third kappa shape index (κ3) is 4.25. The zero-order chi connectivity index (χ0) is 15.1. The van der Waals surface area contributed by atoms with Crippen molar-refractivity contribution in [3.8, 4) is 11.8 Å². The lowest BCUT2D eigenvalue weighted by Gasteiger charge is -2.23. The van der Waals surface area contributed by atoms with Gasteiger partial charge in [0.25, 0.3) is 0 Å². The number of hydrogen-bond donors (Lipinski definition) is 1. The summed E-state index contributed by atoms with van der Waals surface area (Å²) in [5.74, 6) is -0.522. The Morgan fingerprint density at radius 2 is 2.25 bits per heavy atom. The van der Waals surface area contributed by atoms with Gasteiger partial charge in [0.2, 0.25) is 0 Å². The summed E-state index contributed by atoms with van der Waals surface area (Å²) in [6.45, 7) is 5.43. The molecule has 0 radical (unpaired) electrons. The Morgan fingerprint density at radius 1 is 1.55 bits per heavy atom. The molecule has 0 aliphatic rings. The highest BCUT2D eigenvalue weighted by molar-refractivity contribution is 5.69. The maximum absolute atomic E-state index is 10.9. The molecule has 0 bridgehead atoms. The van der Waals surface area contributed by atoms with Crippen LogP contribution in [-0.4, -0.2) is 36.2 Å². The van der Waals surface area contributed by atoms with Crippen LogP contribution in [0.3, 0.4) is 0 Å². The molecule has 1 atom stereocenters. The van der Waals surface area contributed by atoms with E-state index in [1.54, 1.807) is 32.2 Å². The van der Waals surface area contributed by atoms with Gasteiger partial charge in [0.05, 0.1) is 24.7 Å². The van der Waals surface area contributed by atoms with E-state index in [2.05, 4.69) is 6.07 Å². The first-order valence-electron chi connectivity index (χ1n) is 6.54. The maximum Gasteiger partial charge on any atom is 0.307 e. The molecule has 108 valence electrons. The van der Waals surface area contributed by atoms with Crippen LogP contribution in [0.4, 0.5) is 0 Å². The van der Waals surface area contributed by atoms with Gasteiger partial charge in [0.15, 0.2) is 0 Å². The van der Waals surface area contributed by atoms with E-state index in [0.717, 1.165) is 12.1 Å². The topological polar surface area (TPSA) is 73.6 Å². The Labute approximate surface area is 119 Å². The van der Waals surface area contributed by atoms with E-state index in [1.807, 2.05) is 11.8 Å². The van der Waals surface area contributed by atoms with Gasteiger partial charge < -0.3 is 9.84 Å². The summed E-state index contributed by atoms with van der Waals surface area (Å²) in [6.07, 6.45) is 0. The van der Waals surface area contributed by atoms with Gasteiger partial charge in [-0.15, -0.1) is 0 Å². The second kappa shape index (κ2) is 7.51. The summed E-state index contributed by atoms with van der Waals surface area (Å²) >= 11 is 0. The standard InChI is InChI=1S/C15H20N2O3/c1-4-17(9-11(2)15(18)19)10-13-7-12(8-16)5-6-14(13)20-3/h5-7,11H,4,9-10H2,1-3H3,(H,18,19). The number of hydrogen-bond acceptors (Lipinski definition) is 4. The highest BCUT2D eigenvalue weighted by atomic mass is 16.5. The van der Waals surface area contributed by atoms with E-state index in [9.17, 15) is 4.79 Å². The number of rotatable bonds is 7. The van der Waals surface area contributed by atoms with Crippen LogP contribution in [0.15, 0.2) is 18.2 Å². The highest BCUT2D eigenvalue weighted by Gasteiger charge is 2.16. The van der Waals surface area contributed by atoms with Crippen LogP contribution in [0.1, 0.15) is 25.0 Å². The molecule has 0 aliphatic heterocycles. The summed E-state index contributed by atoms with van der Waals surface area (Å²) in [6, 6.07) is 7.36. The first-order chi connectivity index (χ1) is 9.51. The van der Waals surface area contributed by atoms with E-state index in [1.165, 1.54) is 0 Å². The van der Waals surface area contributed by atoms with Crippen molar-refractivity contribution in [2.45, 2.75) is 20.4 Å². The Hall–Kier alpha value is -2.06. The number of ether oxygens (including phenoxy) is 1. The molecule has 1 rings (SSSR count). The predicted molar refractivity (Wildman–Crippen MR) is 75.5 cm³/mol. The number of carboxylic acids is 1. The summed E-state index contributed by atoms with van der Waals surface area (Å²) < 4.78 is 5.29. The van der Waals surface area contributed by atoms with Crippen LogP contribution in [0, 0.1) is 17.2 Å². The molecular weight excluding hydrogens is 256 g/mol. The highest BCUT2D eigenvalue weighted by Crippen LogP contribution is 2.21. The zero-order valence-corrected chi connectivity index (χ0v) is 12.1. The van der Waals surface area contributed by atoms with E-state index < -0.39 is 11.9 Å². The third-order valence-corrected chi connectivity index (χ3v) is 3.20. The number of aliphatic carboxylic acids is 1. The normalized spacial score (nSPS) is 11.9. The van der Waals surface area contributed by atoms with Gasteiger partial charge in [-0.05, 0) is 24.7 Å². The lowest BCUT2D eigenvalue weighted by atomic mass is 10.1. The number of nitrogens with zero attached hydrogens (tertiary/aromatic N) is 2. The second-order valence-electron chi connectivity index (χ2n) is 4.71. The Balaban J connectivity index is 2.88. The van der Waals surface area contributed by atoms with Crippen LogP contribution in [-0.2, 0) is 11.3 Å². The van der Waals surface area contributed by atoms with Crippen molar-refractivity contribution < 1.29 is 14.6 Å². The van der Waals surface area contributed by atoms with Gasteiger partial charge >= 0.3 is 5.97 Å². The number of carboxylic acid groups (broad SMARTS) is 1. The molecule has 5 nitrogen and oxygen atoms in total. The predicted octanol–water partition coefficient (Wildman–Crippen LogP) is 2.11. The molecule has 0 fully saturated rings. The number of methoxy groups -OCH3 is 1. The molecule has 1 N–H and O–H groups in total. The molecule has 0 amide bonds. The van der Waals surface area contributed by atoms with Crippen molar-refractivity contribution in [1.29, 1.82) is 5.26 Å². The fraction of sp³-hybridized carbons (Fsp3) is 0.467. The van der Waals surface area contributed by atoms with Crippen LogP contribution in [0.5, 0.6) is 5.75 Å². The number of nitriles is 1. The fourth-order valence-electron chi connectivity index (χ4n) is 1.98. The summed E-state index contributed by atoms with van der Waals surface area (Å²) in [4.78, 5) is 13.0. The quantitative estimate of drug-likeness (QED) is 0.825. The Kier molecular flexibility index (Phi) is 6.01. The van der Waals surface area contributed by atoms with Crippen molar-refractivity contribution >= 4 is 5.97 Å². The fourth-order valence-corrected chi connectivity index (χ4v) is 1.98. The van der Waals surface area contributed by atoms with E-state index in [-0.39, 0.29) is 0 Å². The zero-order valence-electron chi connectivity index (χ0n) is 12.1. The molecule has 20 heavy (non-hydrogen) atoms. The number of benzene rings is 1. The molecule has 0 heterocycles. The monoisotopic (exact) mass is 276 g/mol. The lowest BCUT2D eigenvalue weighted by molar-refractivity contribution is -0.141. The maximum atomic E-state index is 10.9. The van der Waals surface area contributed by atoms with Gasteiger partial charge in [-0.1, -0.05) is 13.8 Å². The van der Waals surface area contributed by atoms with Gasteiger partial charge in [-0.25, -0.2) is 0 Å². The third-order valence-electron chi connectivity index (χ3n) is 3.20. The molecule has 0 aromatic heterocycles. The average molecular weight is 276 g/mol. The molecule has 1 unspecified atom stereocenters. The molecule has 1 aromatic carbocycles. The minimum absolute atomic E-state index is 0.430. The molecule has 0 spiro atoms. The van der Waals surface area contributed by atoms with Gasteiger partial charge in [0.1, 0.15) is 5.75 Å². The Morgan fingerprint density at radius 3 is 2.75 bits per heavy atom. The van der Waals surface area contributed by atoms with Crippen LogP contribution in [0.2, 0.25) is 0 Å².